The maximum atomic E-state index is 9.96. The zero-order valence-corrected chi connectivity index (χ0v) is 10.2. The summed E-state index contributed by atoms with van der Waals surface area (Å²) in [6, 6.07) is 0.0900. The van der Waals surface area contributed by atoms with Gasteiger partial charge in [0.05, 0.1) is 25.9 Å². The van der Waals surface area contributed by atoms with Gasteiger partial charge >= 0.3 is 0 Å². The molecule has 0 unspecified atom stereocenters. The first-order valence-corrected chi connectivity index (χ1v) is 5.72. The van der Waals surface area contributed by atoms with E-state index < -0.39 is 0 Å². The van der Waals surface area contributed by atoms with Crippen molar-refractivity contribution in [2.75, 3.05) is 24.7 Å². The maximum Gasteiger partial charge on any atom is 0.224 e. The summed E-state index contributed by atoms with van der Waals surface area (Å²) in [4.78, 5) is 9.68. The zero-order chi connectivity index (χ0) is 12.4. The first-order valence-electron chi connectivity index (χ1n) is 5.34. The molecule has 0 amide bonds. The van der Waals surface area contributed by atoms with Gasteiger partial charge in [-0.1, -0.05) is 0 Å². The van der Waals surface area contributed by atoms with Gasteiger partial charge < -0.3 is 19.8 Å². The quantitative estimate of drug-likeness (QED) is 0.756. The number of rotatable bonds is 2. The van der Waals surface area contributed by atoms with Crippen LogP contribution in [0.4, 0.5) is 5.82 Å². The number of aromatic hydroxyl groups is 1. The summed E-state index contributed by atoms with van der Waals surface area (Å²) in [6.07, 6.45) is 0. The fraction of sp³-hybridized carbons (Fsp3) is 0.600. The summed E-state index contributed by atoms with van der Waals surface area (Å²) >= 11 is 5.77. The molecule has 2 rings (SSSR count). The van der Waals surface area contributed by atoms with Crippen LogP contribution in [0.5, 0.6) is 5.75 Å². The van der Waals surface area contributed by atoms with Gasteiger partial charge in [-0.2, -0.15) is 4.98 Å². The Balaban J connectivity index is 2.39. The molecule has 1 saturated heterocycles. The van der Waals surface area contributed by atoms with Crippen LogP contribution in [0.3, 0.4) is 0 Å². The molecule has 0 aliphatic carbocycles. The van der Waals surface area contributed by atoms with Crippen molar-refractivity contribution >= 4 is 17.4 Å². The lowest BCUT2D eigenvalue weighted by Gasteiger charge is -2.34. The van der Waals surface area contributed by atoms with Crippen molar-refractivity contribution < 1.29 is 14.9 Å². The van der Waals surface area contributed by atoms with Gasteiger partial charge in [-0.3, -0.25) is 0 Å². The first kappa shape index (κ1) is 12.3. The molecule has 1 aliphatic heterocycles. The molecule has 0 spiro atoms. The van der Waals surface area contributed by atoms with E-state index in [1.807, 2.05) is 11.8 Å². The Morgan fingerprint density at radius 3 is 2.94 bits per heavy atom. The van der Waals surface area contributed by atoms with Gasteiger partial charge in [0.1, 0.15) is 5.69 Å². The van der Waals surface area contributed by atoms with Gasteiger partial charge in [0.2, 0.25) is 5.28 Å². The molecular formula is C10H14ClN3O3. The van der Waals surface area contributed by atoms with Crippen LogP contribution in [0, 0.1) is 0 Å². The first-order chi connectivity index (χ1) is 8.13. The van der Waals surface area contributed by atoms with Crippen molar-refractivity contribution in [3.05, 3.63) is 11.0 Å². The Bertz CT molecular complexity index is 416. The number of hydrogen-bond acceptors (Lipinski definition) is 6. The van der Waals surface area contributed by atoms with E-state index >= 15 is 0 Å². The Morgan fingerprint density at radius 2 is 2.29 bits per heavy atom. The molecule has 2 heterocycles. The lowest BCUT2D eigenvalue weighted by molar-refractivity contribution is 0.0982. The predicted molar refractivity (Wildman–Crippen MR) is 62.3 cm³/mol. The monoisotopic (exact) mass is 259 g/mol. The topological polar surface area (TPSA) is 78.7 Å². The molecular weight excluding hydrogens is 246 g/mol. The van der Waals surface area contributed by atoms with E-state index in [1.54, 1.807) is 0 Å². The molecule has 1 fully saturated rings. The molecule has 17 heavy (non-hydrogen) atoms. The van der Waals surface area contributed by atoms with E-state index in [9.17, 15) is 5.11 Å². The summed E-state index contributed by atoms with van der Waals surface area (Å²) in [6.45, 7) is 3.34. The van der Waals surface area contributed by atoms with Gasteiger partial charge in [0.15, 0.2) is 11.6 Å². The second-order valence-corrected chi connectivity index (χ2v) is 4.23. The highest BCUT2D eigenvalue weighted by Crippen LogP contribution is 2.31. The van der Waals surface area contributed by atoms with Gasteiger partial charge in [-0.15, -0.1) is 0 Å². The van der Waals surface area contributed by atoms with Gasteiger partial charge in [0.25, 0.3) is 0 Å². The van der Waals surface area contributed by atoms with Crippen LogP contribution in [-0.2, 0) is 11.3 Å². The third-order valence-corrected chi connectivity index (χ3v) is 2.87. The van der Waals surface area contributed by atoms with Crippen LogP contribution in [0.15, 0.2) is 0 Å². The number of anilines is 1. The molecule has 7 heteroatoms. The lowest BCUT2D eigenvalue weighted by atomic mass is 10.2. The normalized spacial score (nSPS) is 20.6. The molecule has 94 valence electrons. The van der Waals surface area contributed by atoms with Crippen LogP contribution >= 0.6 is 11.6 Å². The highest BCUT2D eigenvalue weighted by atomic mass is 35.5. The van der Waals surface area contributed by atoms with E-state index in [1.165, 1.54) is 0 Å². The highest BCUT2D eigenvalue weighted by molar-refractivity contribution is 6.28. The van der Waals surface area contributed by atoms with Gasteiger partial charge in [-0.05, 0) is 18.5 Å². The molecule has 0 saturated carbocycles. The van der Waals surface area contributed by atoms with Crippen molar-refractivity contribution in [1.29, 1.82) is 0 Å². The number of aliphatic hydroxyl groups is 1. The second kappa shape index (κ2) is 5.03. The van der Waals surface area contributed by atoms with Gasteiger partial charge in [0, 0.05) is 6.54 Å². The van der Waals surface area contributed by atoms with E-state index in [0.29, 0.717) is 25.6 Å². The smallest absolute Gasteiger partial charge is 0.224 e. The second-order valence-electron chi connectivity index (χ2n) is 3.89. The summed E-state index contributed by atoms with van der Waals surface area (Å²) < 4.78 is 5.31. The van der Waals surface area contributed by atoms with E-state index in [0.717, 1.165) is 0 Å². The summed E-state index contributed by atoms with van der Waals surface area (Å²) in [5.41, 5.74) is 0.138. The predicted octanol–water partition coefficient (Wildman–Crippen LogP) is 0.553. The molecule has 1 atom stereocenters. The number of aliphatic hydroxyl groups excluding tert-OH is 1. The van der Waals surface area contributed by atoms with Crippen molar-refractivity contribution in [2.45, 2.75) is 19.6 Å². The summed E-state index contributed by atoms with van der Waals surface area (Å²) in [5.74, 6) is 0.232. The van der Waals surface area contributed by atoms with E-state index in [2.05, 4.69) is 9.97 Å². The Kier molecular flexibility index (Phi) is 3.66. The Morgan fingerprint density at radius 1 is 1.53 bits per heavy atom. The molecule has 0 bridgehead atoms. The minimum Gasteiger partial charge on any atom is -0.503 e. The number of morpholine rings is 1. The number of aromatic nitrogens is 2. The van der Waals surface area contributed by atoms with E-state index in [4.69, 9.17) is 21.4 Å². The minimum atomic E-state index is -0.375. The minimum absolute atomic E-state index is 0.0144. The van der Waals surface area contributed by atoms with E-state index in [-0.39, 0.29) is 29.4 Å². The zero-order valence-electron chi connectivity index (χ0n) is 9.43. The highest BCUT2D eigenvalue weighted by Gasteiger charge is 2.25. The van der Waals surface area contributed by atoms with Crippen molar-refractivity contribution in [1.82, 2.24) is 9.97 Å². The van der Waals surface area contributed by atoms with Crippen LogP contribution in [-0.4, -0.2) is 46.0 Å². The number of halogens is 1. The average Bonchev–Trinajstić information content (AvgIpc) is 2.32. The van der Waals surface area contributed by atoms with Crippen LogP contribution in [0.1, 0.15) is 12.6 Å². The molecule has 1 aromatic rings. The standard InChI is InChI=1S/C10H14ClN3O3/c1-6-5-17-3-2-14(6)9-8(16)7(4-15)12-10(11)13-9/h6,15-16H,2-5H2,1H3/t6-/m1/s1. The van der Waals surface area contributed by atoms with Crippen LogP contribution in [0.25, 0.3) is 0 Å². The molecule has 2 N–H and O–H groups in total. The average molecular weight is 260 g/mol. The van der Waals surface area contributed by atoms with Gasteiger partial charge in [-0.25, -0.2) is 4.98 Å². The van der Waals surface area contributed by atoms with Crippen molar-refractivity contribution in [3.8, 4) is 5.75 Å². The fourth-order valence-electron chi connectivity index (χ4n) is 1.81. The third kappa shape index (κ3) is 2.43. The number of ether oxygens (including phenoxy) is 1. The molecule has 1 aliphatic rings. The van der Waals surface area contributed by atoms with Crippen LogP contribution < -0.4 is 4.90 Å². The van der Waals surface area contributed by atoms with Crippen molar-refractivity contribution in [2.24, 2.45) is 0 Å². The Labute approximate surface area is 104 Å². The SMILES string of the molecule is C[C@@H]1COCCN1c1nc(Cl)nc(CO)c1O. The molecule has 1 aromatic heterocycles. The maximum absolute atomic E-state index is 9.96. The Hall–Kier alpha value is -1.11. The van der Waals surface area contributed by atoms with Crippen LogP contribution in [0.2, 0.25) is 5.28 Å². The lowest BCUT2D eigenvalue weighted by Crippen LogP contribution is -2.44. The number of hydrogen-bond donors (Lipinski definition) is 2. The largest absolute Gasteiger partial charge is 0.503 e. The summed E-state index contributed by atoms with van der Waals surface area (Å²) in [5, 5.41) is 19.1. The number of nitrogens with zero attached hydrogens (tertiary/aromatic N) is 3. The molecule has 6 nitrogen and oxygen atoms in total. The molecule has 0 radical (unpaired) electrons. The van der Waals surface area contributed by atoms with Crippen molar-refractivity contribution in [3.63, 3.8) is 0 Å². The summed E-state index contributed by atoms with van der Waals surface area (Å²) in [7, 11) is 0. The fourth-order valence-corrected chi connectivity index (χ4v) is 1.99. The third-order valence-electron chi connectivity index (χ3n) is 2.70. The molecule has 0 aromatic carbocycles.